The van der Waals surface area contributed by atoms with Crippen molar-refractivity contribution >= 4 is 16.9 Å². The van der Waals surface area contributed by atoms with Crippen LogP contribution in [-0.2, 0) is 13.1 Å². The van der Waals surface area contributed by atoms with E-state index in [-0.39, 0.29) is 23.3 Å². The zero-order chi connectivity index (χ0) is 18.8. The predicted molar refractivity (Wildman–Crippen MR) is 96.0 cm³/mol. The fraction of sp³-hybridized carbons (Fsp3) is 0.353. The van der Waals surface area contributed by atoms with Crippen molar-refractivity contribution in [3.63, 3.8) is 0 Å². The van der Waals surface area contributed by atoms with Gasteiger partial charge < -0.3 is 9.88 Å². The van der Waals surface area contributed by atoms with Crippen LogP contribution in [0, 0.1) is 12.8 Å². The molecule has 0 atom stereocenters. The molecule has 0 bridgehead atoms. The van der Waals surface area contributed by atoms with Crippen LogP contribution < -0.4 is 16.6 Å². The molecule has 1 amide bonds. The van der Waals surface area contributed by atoms with E-state index >= 15 is 0 Å². The van der Waals surface area contributed by atoms with Crippen molar-refractivity contribution in [3.8, 4) is 0 Å². The van der Waals surface area contributed by atoms with Crippen molar-refractivity contribution in [2.75, 3.05) is 0 Å². The number of pyridine rings is 1. The summed E-state index contributed by atoms with van der Waals surface area (Å²) in [5.41, 5.74) is -0.429. The molecule has 0 aliphatic carbocycles. The second-order valence-electron chi connectivity index (χ2n) is 6.53. The van der Waals surface area contributed by atoms with Gasteiger partial charge in [0.15, 0.2) is 0 Å². The van der Waals surface area contributed by atoms with Crippen molar-refractivity contribution in [2.24, 2.45) is 5.92 Å². The zero-order valence-corrected chi connectivity index (χ0v) is 14.8. The first kappa shape index (κ1) is 17.6. The van der Waals surface area contributed by atoms with Crippen LogP contribution in [0.25, 0.3) is 11.0 Å². The number of rotatable bonds is 5. The zero-order valence-electron chi connectivity index (χ0n) is 14.8. The first-order valence-electron chi connectivity index (χ1n) is 8.27. The minimum atomic E-state index is -0.664. The first-order chi connectivity index (χ1) is 12.3. The maximum absolute atomic E-state index is 12.5. The van der Waals surface area contributed by atoms with Gasteiger partial charge >= 0.3 is 5.69 Å². The molecule has 0 aliphatic heterocycles. The summed E-state index contributed by atoms with van der Waals surface area (Å²) in [6, 6.07) is 1.52. The van der Waals surface area contributed by atoms with Crippen LogP contribution in [0.2, 0.25) is 0 Å². The summed E-state index contributed by atoms with van der Waals surface area (Å²) in [6.07, 6.45) is 3.57. The third-order valence-corrected chi connectivity index (χ3v) is 3.91. The Labute approximate surface area is 148 Å². The second-order valence-corrected chi connectivity index (χ2v) is 6.53. The van der Waals surface area contributed by atoms with Crippen molar-refractivity contribution in [1.82, 2.24) is 29.8 Å². The molecule has 0 aromatic carbocycles. The van der Waals surface area contributed by atoms with Crippen LogP contribution in [0.4, 0.5) is 0 Å². The number of aromatic nitrogens is 5. The highest BCUT2D eigenvalue weighted by Gasteiger charge is 2.14. The Balaban J connectivity index is 1.84. The van der Waals surface area contributed by atoms with E-state index in [1.54, 1.807) is 13.1 Å². The molecule has 3 aromatic heterocycles. The summed E-state index contributed by atoms with van der Waals surface area (Å²) in [7, 11) is 0. The van der Waals surface area contributed by atoms with E-state index in [0.717, 1.165) is 12.4 Å². The lowest BCUT2D eigenvalue weighted by molar-refractivity contribution is 0.0944. The average Bonchev–Trinajstić information content (AvgIpc) is 2.97. The molecule has 0 saturated carbocycles. The molecular weight excluding hydrogens is 336 g/mol. The highest BCUT2D eigenvalue weighted by Crippen LogP contribution is 2.11. The number of hydrogen-bond acceptors (Lipinski definition) is 5. The van der Waals surface area contributed by atoms with E-state index in [9.17, 15) is 14.4 Å². The monoisotopic (exact) mass is 356 g/mol. The first-order valence-corrected chi connectivity index (χ1v) is 8.27. The normalized spacial score (nSPS) is 11.2. The number of amides is 1. The van der Waals surface area contributed by atoms with E-state index in [2.05, 4.69) is 39.1 Å². The molecule has 0 saturated heterocycles. The molecule has 0 spiro atoms. The van der Waals surface area contributed by atoms with Gasteiger partial charge in [-0.3, -0.25) is 19.6 Å². The molecule has 9 nitrogen and oxygen atoms in total. The molecule has 3 aromatic rings. The van der Waals surface area contributed by atoms with Gasteiger partial charge in [0, 0.05) is 18.9 Å². The number of nitrogens with one attached hydrogen (secondary N) is 3. The Bertz CT molecular complexity index is 1080. The third-order valence-electron chi connectivity index (χ3n) is 3.91. The van der Waals surface area contributed by atoms with Crippen molar-refractivity contribution in [2.45, 2.75) is 33.9 Å². The Morgan fingerprint density at radius 1 is 1.31 bits per heavy atom. The van der Waals surface area contributed by atoms with Gasteiger partial charge in [0.1, 0.15) is 17.2 Å². The van der Waals surface area contributed by atoms with Crippen LogP contribution in [0.3, 0.4) is 0 Å². The number of aryl methyl sites for hydroxylation is 1. The maximum atomic E-state index is 12.5. The highest BCUT2D eigenvalue weighted by atomic mass is 16.2. The van der Waals surface area contributed by atoms with Crippen molar-refractivity contribution in [1.29, 1.82) is 0 Å². The molecule has 3 N–H and O–H groups in total. The summed E-state index contributed by atoms with van der Waals surface area (Å²) in [4.78, 5) is 48.7. The molecular formula is C17H20N6O3. The maximum Gasteiger partial charge on any atom is 0.327 e. The third kappa shape index (κ3) is 3.56. The Morgan fingerprint density at radius 3 is 2.81 bits per heavy atom. The number of imidazole rings is 1. The molecule has 0 unspecified atom stereocenters. The number of hydrogen-bond donors (Lipinski definition) is 3. The highest BCUT2D eigenvalue weighted by molar-refractivity contribution is 5.95. The topological polar surface area (TPSA) is 126 Å². The van der Waals surface area contributed by atoms with Gasteiger partial charge in [-0.1, -0.05) is 13.8 Å². The second kappa shape index (κ2) is 6.95. The number of H-pyrrole nitrogens is 2. The smallest absolute Gasteiger partial charge is 0.327 e. The Morgan fingerprint density at radius 2 is 2.08 bits per heavy atom. The summed E-state index contributed by atoms with van der Waals surface area (Å²) in [5.74, 6) is 0.794. The van der Waals surface area contributed by atoms with Crippen LogP contribution in [0.15, 0.2) is 28.0 Å². The number of carbonyl (C=O) groups excluding carboxylic acids is 1. The van der Waals surface area contributed by atoms with Gasteiger partial charge in [-0.05, 0) is 24.5 Å². The molecule has 3 rings (SSSR count). The number of aromatic amines is 2. The van der Waals surface area contributed by atoms with Gasteiger partial charge in [-0.2, -0.15) is 0 Å². The molecule has 0 aliphatic rings. The van der Waals surface area contributed by atoms with E-state index in [1.165, 1.54) is 6.07 Å². The van der Waals surface area contributed by atoms with Gasteiger partial charge in [0.05, 0.1) is 11.9 Å². The summed E-state index contributed by atoms with van der Waals surface area (Å²) in [6.45, 7) is 6.95. The average molecular weight is 356 g/mol. The summed E-state index contributed by atoms with van der Waals surface area (Å²) >= 11 is 0. The van der Waals surface area contributed by atoms with Crippen LogP contribution in [0.1, 0.15) is 35.7 Å². The van der Waals surface area contributed by atoms with E-state index < -0.39 is 17.2 Å². The SMILES string of the molecule is Cc1cc(C(=O)NCc2nccn2CC(C)C)nc2[nH]c(=O)[nH]c(=O)c12. The van der Waals surface area contributed by atoms with Crippen LogP contribution >= 0.6 is 0 Å². The van der Waals surface area contributed by atoms with Gasteiger partial charge in [0.2, 0.25) is 0 Å². The van der Waals surface area contributed by atoms with Crippen LogP contribution in [-0.4, -0.2) is 30.4 Å². The van der Waals surface area contributed by atoms with Gasteiger partial charge in [0.25, 0.3) is 11.5 Å². The number of fused-ring (bicyclic) bond motifs is 1. The fourth-order valence-electron chi connectivity index (χ4n) is 2.79. The van der Waals surface area contributed by atoms with Crippen LogP contribution in [0.5, 0.6) is 0 Å². The minimum absolute atomic E-state index is 0.0882. The van der Waals surface area contributed by atoms with E-state index in [4.69, 9.17) is 0 Å². The standard InChI is InChI=1S/C17H20N6O3/c1-9(2)8-23-5-4-18-12(23)7-19-15(24)11-6-10(3)13-14(20-11)21-17(26)22-16(13)25/h4-6,9H,7-8H2,1-3H3,(H,19,24)(H2,20,21,22,25,26). The molecule has 0 fully saturated rings. The number of carbonyl (C=O) groups is 1. The summed E-state index contributed by atoms with van der Waals surface area (Å²) in [5, 5.41) is 3.03. The summed E-state index contributed by atoms with van der Waals surface area (Å²) < 4.78 is 1.99. The molecule has 136 valence electrons. The quantitative estimate of drug-likeness (QED) is 0.620. The molecule has 0 radical (unpaired) electrons. The Kier molecular flexibility index (Phi) is 4.70. The lowest BCUT2D eigenvalue weighted by Gasteiger charge is -2.11. The van der Waals surface area contributed by atoms with E-state index in [0.29, 0.717) is 11.5 Å². The van der Waals surface area contributed by atoms with Crippen molar-refractivity contribution < 1.29 is 4.79 Å². The lowest BCUT2D eigenvalue weighted by Crippen LogP contribution is -2.27. The van der Waals surface area contributed by atoms with E-state index in [1.807, 2.05) is 10.8 Å². The molecule has 3 heterocycles. The minimum Gasteiger partial charge on any atom is -0.343 e. The van der Waals surface area contributed by atoms with Gasteiger partial charge in [-0.25, -0.2) is 14.8 Å². The Hall–Kier alpha value is -3.23. The largest absolute Gasteiger partial charge is 0.343 e. The molecule has 9 heteroatoms. The number of nitrogens with zero attached hydrogens (tertiary/aromatic N) is 3. The predicted octanol–water partition coefficient (Wildman–Crippen LogP) is 0.702. The fourth-order valence-corrected chi connectivity index (χ4v) is 2.79. The lowest BCUT2D eigenvalue weighted by atomic mass is 10.1. The molecule has 26 heavy (non-hydrogen) atoms. The van der Waals surface area contributed by atoms with Crippen molar-refractivity contribution in [3.05, 3.63) is 56.4 Å². The van der Waals surface area contributed by atoms with Gasteiger partial charge in [-0.15, -0.1) is 0 Å².